The molecular weight excluding hydrogens is 248 g/mol. The minimum absolute atomic E-state index is 0.426. The van der Waals surface area contributed by atoms with Crippen LogP contribution in [0.4, 0.5) is 0 Å². The fourth-order valence-corrected chi connectivity index (χ4v) is 1.83. The van der Waals surface area contributed by atoms with E-state index >= 15 is 0 Å². The molecule has 0 radical (unpaired) electrons. The van der Waals surface area contributed by atoms with Gasteiger partial charge in [-0.15, -0.1) is 0 Å². The first-order valence-corrected chi connectivity index (χ1v) is 5.91. The standard InChI is InChI=1S/C11H15ClO3S/c1-15-10-6-7(2-3-8(10)12)11(14)9(13)4-5-16/h2-3,6,9,11,13-14,16H,4-5H2,1H3. The third-order valence-electron chi connectivity index (χ3n) is 2.31. The molecule has 3 nitrogen and oxygen atoms in total. The minimum Gasteiger partial charge on any atom is -0.495 e. The summed E-state index contributed by atoms with van der Waals surface area (Å²) in [6.07, 6.45) is -1.35. The zero-order chi connectivity index (χ0) is 12.1. The lowest BCUT2D eigenvalue weighted by Crippen LogP contribution is -2.18. The molecule has 0 bridgehead atoms. The van der Waals surface area contributed by atoms with E-state index in [1.807, 2.05) is 0 Å². The first kappa shape index (κ1) is 13.6. The fraction of sp³-hybridized carbons (Fsp3) is 0.455. The van der Waals surface area contributed by atoms with Crippen LogP contribution in [0.1, 0.15) is 18.1 Å². The van der Waals surface area contributed by atoms with Crippen molar-refractivity contribution in [2.75, 3.05) is 12.9 Å². The average Bonchev–Trinajstić information content (AvgIpc) is 2.29. The van der Waals surface area contributed by atoms with Crippen LogP contribution in [0.25, 0.3) is 0 Å². The van der Waals surface area contributed by atoms with Crippen molar-refractivity contribution in [1.29, 1.82) is 0 Å². The molecule has 2 unspecified atom stereocenters. The molecule has 0 aliphatic rings. The summed E-state index contributed by atoms with van der Waals surface area (Å²) in [5.41, 5.74) is 0.579. The highest BCUT2D eigenvalue weighted by Gasteiger charge is 2.18. The summed E-state index contributed by atoms with van der Waals surface area (Å²) in [6.45, 7) is 0. The molecule has 0 saturated carbocycles. The van der Waals surface area contributed by atoms with E-state index in [4.69, 9.17) is 16.3 Å². The summed E-state index contributed by atoms with van der Waals surface area (Å²) in [6, 6.07) is 4.92. The van der Waals surface area contributed by atoms with Gasteiger partial charge in [0.2, 0.25) is 0 Å². The number of hydrogen-bond acceptors (Lipinski definition) is 4. The van der Waals surface area contributed by atoms with Crippen molar-refractivity contribution in [2.24, 2.45) is 0 Å². The molecule has 16 heavy (non-hydrogen) atoms. The zero-order valence-corrected chi connectivity index (χ0v) is 10.6. The van der Waals surface area contributed by atoms with Crippen LogP contribution in [0.3, 0.4) is 0 Å². The molecular formula is C11H15ClO3S. The van der Waals surface area contributed by atoms with Crippen LogP contribution in [-0.4, -0.2) is 29.2 Å². The summed E-state index contributed by atoms with van der Waals surface area (Å²) in [5.74, 6) is 0.999. The Bertz CT molecular complexity index is 346. The number of aliphatic hydroxyl groups is 2. The summed E-state index contributed by atoms with van der Waals surface area (Å²) in [4.78, 5) is 0. The Balaban J connectivity index is 2.87. The molecule has 0 saturated heterocycles. The van der Waals surface area contributed by atoms with Gasteiger partial charge in [0.25, 0.3) is 0 Å². The van der Waals surface area contributed by atoms with Crippen LogP contribution in [0.2, 0.25) is 5.02 Å². The molecule has 0 amide bonds. The van der Waals surface area contributed by atoms with Gasteiger partial charge < -0.3 is 14.9 Å². The Labute approximate surface area is 105 Å². The molecule has 0 aromatic heterocycles. The van der Waals surface area contributed by atoms with Crippen LogP contribution in [0.15, 0.2) is 18.2 Å². The van der Waals surface area contributed by atoms with E-state index in [2.05, 4.69) is 12.6 Å². The van der Waals surface area contributed by atoms with Gasteiger partial charge in [-0.2, -0.15) is 12.6 Å². The third kappa shape index (κ3) is 3.28. The van der Waals surface area contributed by atoms with E-state index in [1.165, 1.54) is 7.11 Å². The van der Waals surface area contributed by atoms with Gasteiger partial charge in [0.15, 0.2) is 0 Å². The number of thiol groups is 1. The smallest absolute Gasteiger partial charge is 0.137 e. The Kier molecular flexibility index (Phi) is 5.41. The lowest BCUT2D eigenvalue weighted by molar-refractivity contribution is 0.0171. The highest BCUT2D eigenvalue weighted by Crippen LogP contribution is 2.29. The molecule has 0 fully saturated rings. The van der Waals surface area contributed by atoms with E-state index in [9.17, 15) is 10.2 Å². The van der Waals surface area contributed by atoms with Crippen LogP contribution < -0.4 is 4.74 Å². The van der Waals surface area contributed by atoms with Crippen molar-refractivity contribution in [2.45, 2.75) is 18.6 Å². The number of hydrogen-bond donors (Lipinski definition) is 3. The van der Waals surface area contributed by atoms with Crippen molar-refractivity contribution in [3.8, 4) is 5.75 Å². The highest BCUT2D eigenvalue weighted by molar-refractivity contribution is 7.80. The molecule has 1 aromatic carbocycles. The van der Waals surface area contributed by atoms with Crippen LogP contribution in [0, 0.1) is 0 Å². The first-order chi connectivity index (χ1) is 7.60. The van der Waals surface area contributed by atoms with Crippen molar-refractivity contribution >= 4 is 24.2 Å². The lowest BCUT2D eigenvalue weighted by atomic mass is 10.0. The predicted molar refractivity (Wildman–Crippen MR) is 67.4 cm³/mol. The van der Waals surface area contributed by atoms with Crippen molar-refractivity contribution < 1.29 is 14.9 Å². The third-order valence-corrected chi connectivity index (χ3v) is 2.88. The van der Waals surface area contributed by atoms with Gasteiger partial charge in [-0.25, -0.2) is 0 Å². The molecule has 0 aliphatic carbocycles. The zero-order valence-electron chi connectivity index (χ0n) is 8.93. The monoisotopic (exact) mass is 262 g/mol. The number of benzene rings is 1. The molecule has 5 heteroatoms. The second-order valence-electron chi connectivity index (χ2n) is 3.42. The van der Waals surface area contributed by atoms with E-state index in [0.29, 0.717) is 28.5 Å². The Morgan fingerprint density at radius 1 is 1.44 bits per heavy atom. The molecule has 1 rings (SSSR count). The number of aliphatic hydroxyl groups excluding tert-OH is 2. The summed E-state index contributed by atoms with van der Waals surface area (Å²) < 4.78 is 5.04. The average molecular weight is 263 g/mol. The molecule has 0 heterocycles. The van der Waals surface area contributed by atoms with Gasteiger partial charge in [0, 0.05) is 0 Å². The maximum atomic E-state index is 9.85. The number of ether oxygens (including phenoxy) is 1. The number of rotatable bonds is 5. The van der Waals surface area contributed by atoms with Crippen molar-refractivity contribution in [1.82, 2.24) is 0 Å². The van der Waals surface area contributed by atoms with Gasteiger partial charge in [-0.3, -0.25) is 0 Å². The molecule has 2 N–H and O–H groups in total. The lowest BCUT2D eigenvalue weighted by Gasteiger charge is -2.18. The van der Waals surface area contributed by atoms with Crippen LogP contribution in [-0.2, 0) is 0 Å². The molecule has 0 spiro atoms. The highest BCUT2D eigenvalue weighted by atomic mass is 35.5. The van der Waals surface area contributed by atoms with E-state index in [0.717, 1.165) is 0 Å². The summed E-state index contributed by atoms with van der Waals surface area (Å²) in [5, 5.41) is 20.0. The van der Waals surface area contributed by atoms with Crippen LogP contribution >= 0.6 is 24.2 Å². The molecule has 1 aromatic rings. The van der Waals surface area contributed by atoms with E-state index in [-0.39, 0.29) is 0 Å². The Hall–Kier alpha value is -0.420. The topological polar surface area (TPSA) is 49.7 Å². The van der Waals surface area contributed by atoms with E-state index in [1.54, 1.807) is 18.2 Å². The second-order valence-corrected chi connectivity index (χ2v) is 4.27. The molecule has 90 valence electrons. The van der Waals surface area contributed by atoms with Crippen molar-refractivity contribution in [3.05, 3.63) is 28.8 Å². The Morgan fingerprint density at radius 2 is 2.12 bits per heavy atom. The molecule has 2 atom stereocenters. The number of methoxy groups -OCH3 is 1. The van der Waals surface area contributed by atoms with Gasteiger partial charge in [0.1, 0.15) is 11.9 Å². The first-order valence-electron chi connectivity index (χ1n) is 4.90. The van der Waals surface area contributed by atoms with E-state index < -0.39 is 12.2 Å². The van der Waals surface area contributed by atoms with Gasteiger partial charge in [-0.05, 0) is 29.9 Å². The quantitative estimate of drug-likeness (QED) is 0.712. The SMILES string of the molecule is COc1cc(C(O)C(O)CCS)ccc1Cl. The normalized spacial score (nSPS) is 14.6. The van der Waals surface area contributed by atoms with Gasteiger partial charge in [-0.1, -0.05) is 17.7 Å². The fourth-order valence-electron chi connectivity index (χ4n) is 1.37. The predicted octanol–water partition coefficient (Wildman–Crippen LogP) is 2.06. The minimum atomic E-state index is -0.946. The maximum absolute atomic E-state index is 9.85. The van der Waals surface area contributed by atoms with Crippen LogP contribution in [0.5, 0.6) is 5.75 Å². The molecule has 0 aliphatic heterocycles. The summed E-state index contributed by atoms with van der Waals surface area (Å²) in [7, 11) is 1.50. The maximum Gasteiger partial charge on any atom is 0.137 e. The van der Waals surface area contributed by atoms with Gasteiger partial charge >= 0.3 is 0 Å². The largest absolute Gasteiger partial charge is 0.495 e. The van der Waals surface area contributed by atoms with Gasteiger partial charge in [0.05, 0.1) is 18.2 Å². The summed E-state index contributed by atoms with van der Waals surface area (Å²) >= 11 is 9.87. The Morgan fingerprint density at radius 3 is 2.69 bits per heavy atom. The van der Waals surface area contributed by atoms with Crippen molar-refractivity contribution in [3.63, 3.8) is 0 Å². The second kappa shape index (κ2) is 6.35. The number of halogens is 1.